The Morgan fingerprint density at radius 3 is 2.34 bits per heavy atom. The summed E-state index contributed by atoms with van der Waals surface area (Å²) < 4.78 is 0. The highest BCUT2D eigenvalue weighted by Crippen LogP contribution is 2.34. The molecule has 1 aliphatic carbocycles. The van der Waals surface area contributed by atoms with Crippen LogP contribution in [0.25, 0.3) is 0 Å². The number of carbonyl (C=O) groups excluding carboxylic acids is 4. The normalized spacial score (nSPS) is 22.3. The molecule has 2 heterocycles. The minimum Gasteiger partial charge on any atom is -0.372 e. The van der Waals surface area contributed by atoms with E-state index in [0.29, 0.717) is 37.9 Å². The number of benzene rings is 1. The minimum atomic E-state index is -0.485. The van der Waals surface area contributed by atoms with Crippen molar-refractivity contribution >= 4 is 29.2 Å². The number of nitrogens with one attached hydrogen (secondary N) is 1. The largest absolute Gasteiger partial charge is 0.372 e. The van der Waals surface area contributed by atoms with E-state index in [-0.39, 0.29) is 47.9 Å². The highest BCUT2D eigenvalue weighted by Gasteiger charge is 2.51. The monoisotopic (exact) mass is 524 g/mol. The lowest BCUT2D eigenvalue weighted by atomic mass is 9.88. The van der Waals surface area contributed by atoms with E-state index in [4.69, 9.17) is 0 Å². The van der Waals surface area contributed by atoms with Crippen LogP contribution < -0.4 is 10.2 Å². The SMILES string of the molecule is CCN(CC)c1ccc(C(=O)NCCC(C)CC(=O)N2CCC3C2C(=O)CN3C(=O)C2CCCCC2)cc1. The first kappa shape index (κ1) is 28.1. The van der Waals surface area contributed by atoms with Crippen molar-refractivity contribution in [3.63, 3.8) is 0 Å². The molecule has 0 spiro atoms. The maximum Gasteiger partial charge on any atom is 0.251 e. The van der Waals surface area contributed by atoms with Crippen molar-refractivity contribution in [1.29, 1.82) is 0 Å². The van der Waals surface area contributed by atoms with Crippen LogP contribution in [-0.4, -0.2) is 78.1 Å². The second kappa shape index (κ2) is 12.8. The van der Waals surface area contributed by atoms with Crippen LogP contribution in [0.15, 0.2) is 24.3 Å². The third kappa shape index (κ3) is 6.21. The first-order valence-corrected chi connectivity index (χ1v) is 14.6. The van der Waals surface area contributed by atoms with Crippen LogP contribution in [0.1, 0.15) is 82.5 Å². The molecule has 1 saturated carbocycles. The second-order valence-electron chi connectivity index (χ2n) is 11.2. The van der Waals surface area contributed by atoms with Crippen molar-refractivity contribution in [2.75, 3.05) is 37.6 Å². The topological polar surface area (TPSA) is 90.0 Å². The van der Waals surface area contributed by atoms with Gasteiger partial charge in [-0.25, -0.2) is 0 Å². The number of likely N-dealkylation sites (tertiary alicyclic amines) is 2. The van der Waals surface area contributed by atoms with Crippen molar-refractivity contribution in [3.05, 3.63) is 29.8 Å². The molecule has 0 radical (unpaired) electrons. The Balaban J connectivity index is 1.23. The summed E-state index contributed by atoms with van der Waals surface area (Å²) in [6, 6.07) is 6.99. The summed E-state index contributed by atoms with van der Waals surface area (Å²) in [5.74, 6) is 0.0856. The first-order chi connectivity index (χ1) is 18.3. The summed E-state index contributed by atoms with van der Waals surface area (Å²) in [6.07, 6.45) is 6.87. The molecule has 0 aromatic heterocycles. The van der Waals surface area contributed by atoms with Crippen LogP contribution in [0.2, 0.25) is 0 Å². The van der Waals surface area contributed by atoms with Crippen molar-refractivity contribution in [3.8, 4) is 0 Å². The van der Waals surface area contributed by atoms with Gasteiger partial charge in [0.25, 0.3) is 5.91 Å². The molecule has 3 amide bonds. The lowest BCUT2D eigenvalue weighted by Crippen LogP contribution is -2.45. The van der Waals surface area contributed by atoms with Gasteiger partial charge in [-0.3, -0.25) is 19.2 Å². The number of amides is 3. The van der Waals surface area contributed by atoms with E-state index in [2.05, 4.69) is 24.1 Å². The van der Waals surface area contributed by atoms with Gasteiger partial charge in [0.2, 0.25) is 11.8 Å². The van der Waals surface area contributed by atoms with Gasteiger partial charge in [-0.2, -0.15) is 0 Å². The average Bonchev–Trinajstić information content (AvgIpc) is 3.51. The standard InChI is InChI=1S/C30H44N4O4/c1-4-32(5-2)24-13-11-22(12-14-24)29(37)31-17-15-21(3)19-27(36)33-18-16-25-28(33)26(35)20-34(25)30(38)23-9-7-6-8-10-23/h11-14,21,23,25,28H,4-10,15-20H2,1-3H3,(H,31,37). The van der Waals surface area contributed by atoms with Crippen LogP contribution in [0, 0.1) is 11.8 Å². The Labute approximate surface area is 227 Å². The summed E-state index contributed by atoms with van der Waals surface area (Å²) in [7, 11) is 0. The average molecular weight is 525 g/mol. The third-order valence-electron chi connectivity index (χ3n) is 8.68. The van der Waals surface area contributed by atoms with E-state index in [1.165, 1.54) is 6.42 Å². The molecule has 8 heteroatoms. The number of rotatable bonds is 10. The van der Waals surface area contributed by atoms with Crippen LogP contribution in [0.3, 0.4) is 0 Å². The molecule has 3 fully saturated rings. The predicted molar refractivity (Wildman–Crippen MR) is 148 cm³/mol. The fourth-order valence-corrected chi connectivity index (χ4v) is 6.44. The second-order valence-corrected chi connectivity index (χ2v) is 11.2. The van der Waals surface area contributed by atoms with Crippen LogP contribution in [0.5, 0.6) is 0 Å². The van der Waals surface area contributed by atoms with Gasteiger partial charge in [-0.05, 0) is 69.7 Å². The zero-order valence-electron chi connectivity index (χ0n) is 23.3. The molecule has 3 unspecified atom stereocenters. The van der Waals surface area contributed by atoms with Gasteiger partial charge in [-0.15, -0.1) is 0 Å². The highest BCUT2D eigenvalue weighted by molar-refractivity contribution is 5.98. The van der Waals surface area contributed by atoms with Gasteiger partial charge >= 0.3 is 0 Å². The molecule has 3 atom stereocenters. The van der Waals surface area contributed by atoms with Crippen LogP contribution >= 0.6 is 0 Å². The van der Waals surface area contributed by atoms with Crippen molar-refractivity contribution in [1.82, 2.24) is 15.1 Å². The number of carbonyl (C=O) groups is 4. The number of ketones is 1. The Kier molecular flexibility index (Phi) is 9.44. The molecular weight excluding hydrogens is 480 g/mol. The molecule has 0 bridgehead atoms. The lowest BCUT2D eigenvalue weighted by Gasteiger charge is -2.29. The van der Waals surface area contributed by atoms with E-state index in [1.807, 2.05) is 31.2 Å². The number of anilines is 1. The smallest absolute Gasteiger partial charge is 0.251 e. The lowest BCUT2D eigenvalue weighted by molar-refractivity contribution is -0.138. The number of nitrogens with zero attached hydrogens (tertiary/aromatic N) is 3. The van der Waals surface area contributed by atoms with E-state index < -0.39 is 6.04 Å². The van der Waals surface area contributed by atoms with E-state index in [0.717, 1.165) is 44.5 Å². The fourth-order valence-electron chi connectivity index (χ4n) is 6.44. The van der Waals surface area contributed by atoms with E-state index >= 15 is 0 Å². The predicted octanol–water partition coefficient (Wildman–Crippen LogP) is 3.64. The number of hydrogen-bond donors (Lipinski definition) is 1. The fraction of sp³-hybridized carbons (Fsp3) is 0.667. The Bertz CT molecular complexity index is 1000. The van der Waals surface area contributed by atoms with Crippen LogP contribution in [0.4, 0.5) is 5.69 Å². The summed E-state index contributed by atoms with van der Waals surface area (Å²) in [5.41, 5.74) is 1.73. The Morgan fingerprint density at radius 2 is 1.68 bits per heavy atom. The summed E-state index contributed by atoms with van der Waals surface area (Å²) >= 11 is 0. The van der Waals surface area contributed by atoms with Gasteiger partial charge < -0.3 is 20.0 Å². The molecule has 3 aliphatic rings. The van der Waals surface area contributed by atoms with Gasteiger partial charge in [0, 0.05) is 49.8 Å². The van der Waals surface area contributed by atoms with Crippen molar-refractivity contribution in [2.45, 2.75) is 84.2 Å². The number of fused-ring (bicyclic) bond motifs is 1. The summed E-state index contributed by atoms with van der Waals surface area (Å²) in [6.45, 7) is 9.22. The zero-order valence-corrected chi connectivity index (χ0v) is 23.3. The minimum absolute atomic E-state index is 0.00283. The van der Waals surface area contributed by atoms with Gasteiger partial charge in [0.15, 0.2) is 5.78 Å². The van der Waals surface area contributed by atoms with Gasteiger partial charge in [0.1, 0.15) is 6.04 Å². The highest BCUT2D eigenvalue weighted by atomic mass is 16.2. The maximum atomic E-state index is 13.2. The molecular formula is C30H44N4O4. The quantitative estimate of drug-likeness (QED) is 0.505. The molecule has 4 rings (SSSR count). The molecule has 8 nitrogen and oxygen atoms in total. The zero-order chi connectivity index (χ0) is 27.2. The molecule has 1 aromatic carbocycles. The molecule has 208 valence electrons. The van der Waals surface area contributed by atoms with Crippen molar-refractivity contribution < 1.29 is 19.2 Å². The number of Topliss-reactive ketones (excluding diaryl/α,β-unsaturated/α-hetero) is 1. The molecule has 38 heavy (non-hydrogen) atoms. The summed E-state index contributed by atoms with van der Waals surface area (Å²) in [5, 5.41) is 2.97. The first-order valence-electron chi connectivity index (χ1n) is 14.6. The third-order valence-corrected chi connectivity index (χ3v) is 8.68. The van der Waals surface area contributed by atoms with Crippen molar-refractivity contribution in [2.24, 2.45) is 11.8 Å². The Hall–Kier alpha value is -2.90. The molecule has 2 saturated heterocycles. The molecule has 2 aliphatic heterocycles. The van der Waals surface area contributed by atoms with E-state index in [1.54, 1.807) is 9.80 Å². The molecule has 1 aromatic rings. The maximum absolute atomic E-state index is 13.2. The Morgan fingerprint density at radius 1 is 1.00 bits per heavy atom. The van der Waals surface area contributed by atoms with Gasteiger partial charge in [-0.1, -0.05) is 26.2 Å². The van der Waals surface area contributed by atoms with E-state index in [9.17, 15) is 19.2 Å². The summed E-state index contributed by atoms with van der Waals surface area (Å²) in [4.78, 5) is 57.5. The van der Waals surface area contributed by atoms with Gasteiger partial charge in [0.05, 0.1) is 12.6 Å². The van der Waals surface area contributed by atoms with Crippen LogP contribution in [-0.2, 0) is 14.4 Å². The molecule has 1 N–H and O–H groups in total. The number of hydrogen-bond acceptors (Lipinski definition) is 5.